The summed E-state index contributed by atoms with van der Waals surface area (Å²) in [5.41, 5.74) is 2.70. The van der Waals surface area contributed by atoms with E-state index in [4.69, 9.17) is 23.2 Å². The molecule has 0 saturated carbocycles. The standard InChI is InChI=1S/C16H14Cl2FN3O3S/c1-22(26(24,25)13-7-5-12(19)6-8-13)10-15(23)21-20-9-11-3-2-4-14(17)16(11)18/h2-9H,10H2,1H3,(H,21,23)/b20-9-. The van der Waals surface area contributed by atoms with Gasteiger partial charge in [0.2, 0.25) is 10.0 Å². The van der Waals surface area contributed by atoms with Crippen molar-refractivity contribution in [2.75, 3.05) is 13.6 Å². The van der Waals surface area contributed by atoms with Crippen molar-refractivity contribution in [3.8, 4) is 0 Å². The third kappa shape index (κ3) is 5.01. The van der Waals surface area contributed by atoms with E-state index in [1.54, 1.807) is 18.2 Å². The van der Waals surface area contributed by atoms with Crippen molar-refractivity contribution in [3.63, 3.8) is 0 Å². The van der Waals surface area contributed by atoms with Gasteiger partial charge in [0.25, 0.3) is 5.91 Å². The summed E-state index contributed by atoms with van der Waals surface area (Å²) in [5.74, 6) is -1.22. The second-order valence-electron chi connectivity index (χ2n) is 5.15. The van der Waals surface area contributed by atoms with Crippen LogP contribution in [0.1, 0.15) is 5.56 Å². The lowest BCUT2D eigenvalue weighted by atomic mass is 10.2. The molecule has 0 radical (unpaired) electrons. The van der Waals surface area contributed by atoms with E-state index >= 15 is 0 Å². The van der Waals surface area contributed by atoms with Gasteiger partial charge < -0.3 is 0 Å². The Morgan fingerprint density at radius 1 is 1.23 bits per heavy atom. The topological polar surface area (TPSA) is 78.8 Å². The molecule has 2 rings (SSSR count). The molecule has 0 aliphatic rings. The Hall–Kier alpha value is -2.00. The molecule has 0 spiro atoms. The smallest absolute Gasteiger partial charge is 0.255 e. The maximum absolute atomic E-state index is 12.9. The Morgan fingerprint density at radius 3 is 2.54 bits per heavy atom. The summed E-state index contributed by atoms with van der Waals surface area (Å²) in [6, 6.07) is 9.22. The van der Waals surface area contributed by atoms with Gasteiger partial charge in [-0.3, -0.25) is 4.79 Å². The number of hydrogen-bond acceptors (Lipinski definition) is 4. The van der Waals surface area contributed by atoms with Crippen LogP contribution in [0.2, 0.25) is 10.0 Å². The van der Waals surface area contributed by atoms with Crippen LogP contribution in [0.15, 0.2) is 52.5 Å². The minimum absolute atomic E-state index is 0.122. The first-order valence-electron chi connectivity index (χ1n) is 7.19. The molecule has 0 heterocycles. The number of sulfonamides is 1. The molecule has 0 aliphatic heterocycles. The SMILES string of the molecule is CN(CC(=O)N/N=C\c1cccc(Cl)c1Cl)S(=O)(=O)c1ccc(F)cc1. The maximum atomic E-state index is 12.9. The average Bonchev–Trinajstić information content (AvgIpc) is 2.59. The predicted octanol–water partition coefficient (Wildman–Crippen LogP) is 2.90. The summed E-state index contributed by atoms with van der Waals surface area (Å²) in [4.78, 5) is 11.8. The number of rotatable bonds is 6. The number of halogens is 3. The van der Waals surface area contributed by atoms with Crippen molar-refractivity contribution < 1.29 is 17.6 Å². The van der Waals surface area contributed by atoms with Gasteiger partial charge in [-0.2, -0.15) is 9.41 Å². The largest absolute Gasteiger partial charge is 0.272 e. The molecule has 1 N–H and O–H groups in total. The van der Waals surface area contributed by atoms with Crippen LogP contribution in [0, 0.1) is 5.82 Å². The molecule has 2 aromatic carbocycles. The fourth-order valence-corrected chi connectivity index (χ4v) is 3.39. The van der Waals surface area contributed by atoms with Gasteiger partial charge in [0.05, 0.1) is 27.7 Å². The molecule has 1 amide bonds. The third-order valence-electron chi connectivity index (χ3n) is 3.26. The number of carbonyl (C=O) groups is 1. The quantitative estimate of drug-likeness (QED) is 0.579. The van der Waals surface area contributed by atoms with Gasteiger partial charge in [-0.1, -0.05) is 35.3 Å². The number of hydrogen-bond donors (Lipinski definition) is 1. The molecule has 6 nitrogen and oxygen atoms in total. The summed E-state index contributed by atoms with van der Waals surface area (Å²) in [7, 11) is -2.69. The van der Waals surface area contributed by atoms with Crippen LogP contribution < -0.4 is 5.43 Å². The highest BCUT2D eigenvalue weighted by Crippen LogP contribution is 2.24. The van der Waals surface area contributed by atoms with Gasteiger partial charge >= 0.3 is 0 Å². The number of likely N-dealkylation sites (N-methyl/N-ethyl adjacent to an activating group) is 1. The number of nitrogens with one attached hydrogen (secondary N) is 1. The molecular formula is C16H14Cl2FN3O3S. The summed E-state index contributed by atoms with van der Waals surface area (Å²) in [6.45, 7) is -0.472. The number of carbonyl (C=O) groups excluding carboxylic acids is 1. The van der Waals surface area contributed by atoms with Gasteiger partial charge in [-0.15, -0.1) is 0 Å². The first-order valence-corrected chi connectivity index (χ1v) is 9.39. The summed E-state index contributed by atoms with van der Waals surface area (Å²) in [6.07, 6.45) is 1.29. The van der Waals surface area contributed by atoms with Gasteiger partial charge in [-0.05, 0) is 30.3 Å². The molecule has 0 aromatic heterocycles. The molecule has 0 unspecified atom stereocenters. The van der Waals surface area contributed by atoms with E-state index in [0.29, 0.717) is 10.6 Å². The molecule has 10 heteroatoms. The molecule has 0 atom stereocenters. The van der Waals surface area contributed by atoms with Crippen molar-refractivity contribution >= 4 is 45.3 Å². The summed E-state index contributed by atoms with van der Waals surface area (Å²) in [5, 5.41) is 4.34. The second-order valence-corrected chi connectivity index (χ2v) is 7.98. The van der Waals surface area contributed by atoms with Crippen molar-refractivity contribution in [2.24, 2.45) is 5.10 Å². The number of hydrazone groups is 1. The minimum Gasteiger partial charge on any atom is -0.272 e. The maximum Gasteiger partial charge on any atom is 0.255 e. The minimum atomic E-state index is -3.92. The van der Waals surface area contributed by atoms with E-state index in [2.05, 4.69) is 10.5 Å². The van der Waals surface area contributed by atoms with E-state index in [1.807, 2.05) is 0 Å². The summed E-state index contributed by atoms with van der Waals surface area (Å²) >= 11 is 11.8. The van der Waals surface area contributed by atoms with Crippen molar-refractivity contribution in [1.29, 1.82) is 0 Å². The highest BCUT2D eigenvalue weighted by atomic mass is 35.5. The lowest BCUT2D eigenvalue weighted by Crippen LogP contribution is -2.36. The average molecular weight is 418 g/mol. The second kappa shape index (κ2) is 8.59. The first-order chi connectivity index (χ1) is 12.2. The zero-order valence-corrected chi connectivity index (χ0v) is 15.8. The molecule has 2 aromatic rings. The predicted molar refractivity (Wildman–Crippen MR) is 98.4 cm³/mol. The Bertz CT molecular complexity index is 934. The van der Waals surface area contributed by atoms with E-state index in [9.17, 15) is 17.6 Å². The van der Waals surface area contributed by atoms with E-state index in [1.165, 1.54) is 13.3 Å². The fourth-order valence-electron chi connectivity index (χ4n) is 1.90. The van der Waals surface area contributed by atoms with Crippen LogP contribution in [-0.2, 0) is 14.8 Å². The Balaban J connectivity index is 1.99. The first kappa shape index (κ1) is 20.3. The van der Waals surface area contributed by atoms with E-state index < -0.39 is 28.3 Å². The molecule has 0 aliphatic carbocycles. The molecule has 0 saturated heterocycles. The van der Waals surface area contributed by atoms with Gasteiger partial charge in [0.15, 0.2) is 0 Å². The number of benzene rings is 2. The molecule has 26 heavy (non-hydrogen) atoms. The third-order valence-corrected chi connectivity index (χ3v) is 5.91. The Morgan fingerprint density at radius 2 is 1.88 bits per heavy atom. The Kier molecular flexibility index (Phi) is 6.71. The normalized spacial score (nSPS) is 11.9. The van der Waals surface area contributed by atoms with Crippen LogP contribution in [0.5, 0.6) is 0 Å². The monoisotopic (exact) mass is 417 g/mol. The fraction of sp³-hybridized carbons (Fsp3) is 0.125. The van der Waals surface area contributed by atoms with E-state index in [-0.39, 0.29) is 9.92 Å². The lowest BCUT2D eigenvalue weighted by Gasteiger charge is -2.16. The van der Waals surface area contributed by atoms with Crippen molar-refractivity contribution in [3.05, 3.63) is 63.9 Å². The van der Waals surface area contributed by atoms with Crippen LogP contribution in [-0.4, -0.2) is 38.4 Å². The molecule has 138 valence electrons. The molecule has 0 fully saturated rings. The zero-order valence-electron chi connectivity index (χ0n) is 13.5. The number of amides is 1. The zero-order chi connectivity index (χ0) is 19.3. The summed E-state index contributed by atoms with van der Waals surface area (Å²) < 4.78 is 38.4. The van der Waals surface area contributed by atoms with Crippen molar-refractivity contribution in [1.82, 2.24) is 9.73 Å². The highest BCUT2D eigenvalue weighted by molar-refractivity contribution is 7.89. The van der Waals surface area contributed by atoms with Gasteiger partial charge in [-0.25, -0.2) is 18.2 Å². The van der Waals surface area contributed by atoms with Crippen molar-refractivity contribution in [2.45, 2.75) is 4.90 Å². The van der Waals surface area contributed by atoms with Crippen LogP contribution >= 0.6 is 23.2 Å². The lowest BCUT2D eigenvalue weighted by molar-refractivity contribution is -0.121. The molecule has 0 bridgehead atoms. The number of nitrogens with zero attached hydrogens (tertiary/aromatic N) is 2. The van der Waals surface area contributed by atoms with Crippen LogP contribution in [0.4, 0.5) is 4.39 Å². The van der Waals surface area contributed by atoms with Gasteiger partial charge in [0.1, 0.15) is 5.82 Å². The molecular weight excluding hydrogens is 404 g/mol. The van der Waals surface area contributed by atoms with Crippen LogP contribution in [0.3, 0.4) is 0 Å². The van der Waals surface area contributed by atoms with E-state index in [0.717, 1.165) is 28.6 Å². The van der Waals surface area contributed by atoms with Crippen LogP contribution in [0.25, 0.3) is 0 Å². The Labute approximate surface area is 160 Å². The highest BCUT2D eigenvalue weighted by Gasteiger charge is 2.22. The van der Waals surface area contributed by atoms with Gasteiger partial charge in [0, 0.05) is 12.6 Å².